The molecule has 0 bridgehead atoms. The quantitative estimate of drug-likeness (QED) is 0.648. The summed E-state index contributed by atoms with van der Waals surface area (Å²) in [5.74, 6) is 0. The van der Waals surface area contributed by atoms with Gasteiger partial charge in [-0.25, -0.2) is 4.21 Å². The maximum Gasteiger partial charge on any atom is 0.173 e. The van der Waals surface area contributed by atoms with Crippen molar-refractivity contribution < 1.29 is 4.21 Å². The minimum Gasteiger partial charge on any atom is -0.229 e. The Bertz CT molecular complexity index is 783. The standard InChI is InChI=1S/C20H17NOS/c1-16-12-14-19(15-13-16)23(22)21-20(17-8-4-2-5-9-17)18-10-6-3-7-11-18/h2-15H,1H3/t23-/m0/s1. The van der Waals surface area contributed by atoms with E-state index in [2.05, 4.69) is 4.40 Å². The zero-order valence-corrected chi connectivity index (χ0v) is 13.7. The van der Waals surface area contributed by atoms with Crippen molar-refractivity contribution in [1.29, 1.82) is 0 Å². The largest absolute Gasteiger partial charge is 0.229 e. The molecule has 0 heterocycles. The molecule has 0 aromatic heterocycles. The van der Waals surface area contributed by atoms with Gasteiger partial charge >= 0.3 is 0 Å². The van der Waals surface area contributed by atoms with Crippen molar-refractivity contribution in [3.8, 4) is 0 Å². The second-order valence-electron chi connectivity index (χ2n) is 5.23. The highest BCUT2D eigenvalue weighted by molar-refractivity contribution is 7.84. The maximum absolute atomic E-state index is 12.6. The van der Waals surface area contributed by atoms with Crippen LogP contribution in [0.1, 0.15) is 16.7 Å². The van der Waals surface area contributed by atoms with Gasteiger partial charge in [0.15, 0.2) is 11.0 Å². The second-order valence-corrected chi connectivity index (χ2v) is 6.39. The first-order valence-corrected chi connectivity index (χ1v) is 8.53. The highest BCUT2D eigenvalue weighted by Crippen LogP contribution is 2.15. The van der Waals surface area contributed by atoms with Crippen molar-refractivity contribution in [2.75, 3.05) is 0 Å². The van der Waals surface area contributed by atoms with E-state index in [1.165, 1.54) is 0 Å². The van der Waals surface area contributed by atoms with Gasteiger partial charge in [0.2, 0.25) is 0 Å². The predicted molar refractivity (Wildman–Crippen MR) is 96.1 cm³/mol. The van der Waals surface area contributed by atoms with Gasteiger partial charge in [0.25, 0.3) is 0 Å². The summed E-state index contributed by atoms with van der Waals surface area (Å²) in [6.45, 7) is 2.01. The zero-order valence-electron chi connectivity index (χ0n) is 12.8. The lowest BCUT2D eigenvalue weighted by atomic mass is 10.0. The van der Waals surface area contributed by atoms with Gasteiger partial charge in [0.05, 0.1) is 10.6 Å². The molecule has 0 aliphatic heterocycles. The number of hydrogen-bond donors (Lipinski definition) is 0. The SMILES string of the molecule is Cc1ccc([S@](=O)N=C(c2ccccc2)c2ccccc2)cc1. The van der Waals surface area contributed by atoms with Gasteiger partial charge in [0.1, 0.15) is 0 Å². The molecule has 0 unspecified atom stereocenters. The Labute approximate surface area is 139 Å². The van der Waals surface area contributed by atoms with Gasteiger partial charge < -0.3 is 0 Å². The van der Waals surface area contributed by atoms with E-state index < -0.39 is 11.0 Å². The van der Waals surface area contributed by atoms with Crippen LogP contribution in [0.3, 0.4) is 0 Å². The Morgan fingerprint density at radius 1 is 0.739 bits per heavy atom. The monoisotopic (exact) mass is 319 g/mol. The molecule has 0 spiro atoms. The maximum atomic E-state index is 12.6. The molecule has 0 saturated heterocycles. The van der Waals surface area contributed by atoms with Crippen molar-refractivity contribution in [1.82, 2.24) is 0 Å². The first kappa shape index (κ1) is 15.4. The summed E-state index contributed by atoms with van der Waals surface area (Å²) >= 11 is 0. The van der Waals surface area contributed by atoms with Crippen LogP contribution in [0, 0.1) is 6.92 Å². The third kappa shape index (κ3) is 3.82. The Hall–Kier alpha value is -2.52. The van der Waals surface area contributed by atoms with E-state index in [1.54, 1.807) is 0 Å². The number of benzene rings is 3. The van der Waals surface area contributed by atoms with E-state index in [-0.39, 0.29) is 0 Å². The smallest absolute Gasteiger partial charge is 0.173 e. The molecule has 1 atom stereocenters. The minimum atomic E-state index is -1.43. The van der Waals surface area contributed by atoms with E-state index in [1.807, 2.05) is 91.9 Å². The summed E-state index contributed by atoms with van der Waals surface area (Å²) in [4.78, 5) is 0.708. The molecule has 0 saturated carbocycles. The summed E-state index contributed by atoms with van der Waals surface area (Å²) in [5, 5.41) is 0. The van der Waals surface area contributed by atoms with Gasteiger partial charge in [0, 0.05) is 11.1 Å². The molecular formula is C20H17NOS. The molecule has 3 rings (SSSR count). The topological polar surface area (TPSA) is 29.4 Å². The van der Waals surface area contributed by atoms with E-state index in [0.29, 0.717) is 4.90 Å². The second kappa shape index (κ2) is 7.16. The molecule has 3 aromatic carbocycles. The molecule has 3 aromatic rings. The lowest BCUT2D eigenvalue weighted by Gasteiger charge is -2.07. The van der Waals surface area contributed by atoms with E-state index in [0.717, 1.165) is 22.4 Å². The van der Waals surface area contributed by atoms with Crippen LogP contribution >= 0.6 is 0 Å². The summed E-state index contributed by atoms with van der Waals surface area (Å²) in [7, 11) is -1.43. The Balaban J connectivity index is 2.05. The fourth-order valence-corrected chi connectivity index (χ4v) is 3.11. The lowest BCUT2D eigenvalue weighted by Crippen LogP contribution is -2.05. The third-order valence-corrected chi connectivity index (χ3v) is 4.52. The Kier molecular flexibility index (Phi) is 4.79. The number of rotatable bonds is 4. The highest BCUT2D eigenvalue weighted by Gasteiger charge is 2.10. The zero-order chi connectivity index (χ0) is 16.1. The van der Waals surface area contributed by atoms with Gasteiger partial charge in [-0.2, -0.15) is 4.40 Å². The van der Waals surface area contributed by atoms with Crippen molar-refractivity contribution in [3.05, 3.63) is 102 Å². The Morgan fingerprint density at radius 3 is 1.70 bits per heavy atom. The average molecular weight is 319 g/mol. The van der Waals surface area contributed by atoms with Crippen LogP contribution in [0.4, 0.5) is 0 Å². The predicted octanol–water partition coefficient (Wildman–Crippen LogP) is 4.56. The molecule has 0 aliphatic carbocycles. The summed E-state index contributed by atoms with van der Waals surface area (Å²) in [5.41, 5.74) is 3.80. The van der Waals surface area contributed by atoms with Crippen LogP contribution in [-0.4, -0.2) is 9.92 Å². The van der Waals surface area contributed by atoms with E-state index >= 15 is 0 Å². The molecule has 0 aliphatic rings. The van der Waals surface area contributed by atoms with Crippen LogP contribution in [-0.2, 0) is 11.0 Å². The number of hydrogen-bond acceptors (Lipinski definition) is 1. The van der Waals surface area contributed by atoms with Crippen molar-refractivity contribution in [3.63, 3.8) is 0 Å². The summed E-state index contributed by atoms with van der Waals surface area (Å²) in [6, 6.07) is 27.3. The molecular weight excluding hydrogens is 302 g/mol. The molecule has 23 heavy (non-hydrogen) atoms. The lowest BCUT2D eigenvalue weighted by molar-refractivity contribution is 0.684. The molecule has 0 fully saturated rings. The van der Waals surface area contributed by atoms with Crippen molar-refractivity contribution in [2.24, 2.45) is 4.40 Å². The molecule has 2 nitrogen and oxygen atoms in total. The van der Waals surface area contributed by atoms with Crippen LogP contribution in [0.25, 0.3) is 0 Å². The van der Waals surface area contributed by atoms with Crippen LogP contribution in [0.2, 0.25) is 0 Å². The van der Waals surface area contributed by atoms with Crippen molar-refractivity contribution >= 4 is 16.7 Å². The fraction of sp³-hybridized carbons (Fsp3) is 0.0500. The summed E-state index contributed by atoms with van der Waals surface area (Å²) in [6.07, 6.45) is 0. The van der Waals surface area contributed by atoms with Crippen LogP contribution < -0.4 is 0 Å². The van der Waals surface area contributed by atoms with E-state index in [9.17, 15) is 4.21 Å². The molecule has 0 amide bonds. The van der Waals surface area contributed by atoms with Gasteiger partial charge in [-0.05, 0) is 19.1 Å². The van der Waals surface area contributed by atoms with E-state index in [4.69, 9.17) is 0 Å². The highest BCUT2D eigenvalue weighted by atomic mass is 32.2. The first-order valence-electron chi connectivity index (χ1n) is 7.42. The molecule has 0 N–H and O–H groups in total. The van der Waals surface area contributed by atoms with Crippen LogP contribution in [0.5, 0.6) is 0 Å². The number of nitrogens with zero attached hydrogens (tertiary/aromatic N) is 1. The third-order valence-electron chi connectivity index (χ3n) is 3.49. The normalized spacial score (nSPS) is 11.7. The summed E-state index contributed by atoms with van der Waals surface area (Å²) < 4.78 is 17.1. The van der Waals surface area contributed by atoms with Gasteiger partial charge in [-0.3, -0.25) is 0 Å². The number of aryl methyl sites for hydroxylation is 1. The van der Waals surface area contributed by atoms with Crippen molar-refractivity contribution in [2.45, 2.75) is 11.8 Å². The minimum absolute atomic E-state index is 0.708. The van der Waals surface area contributed by atoms with Gasteiger partial charge in [-0.15, -0.1) is 0 Å². The first-order chi connectivity index (χ1) is 11.2. The molecule has 3 heteroatoms. The molecule has 114 valence electrons. The van der Waals surface area contributed by atoms with Crippen LogP contribution in [0.15, 0.2) is 94.2 Å². The van der Waals surface area contributed by atoms with Gasteiger partial charge in [-0.1, -0.05) is 78.4 Å². The molecule has 0 radical (unpaired) electrons. The fourth-order valence-electron chi connectivity index (χ4n) is 2.25. The average Bonchev–Trinajstić information content (AvgIpc) is 2.61. The Morgan fingerprint density at radius 2 is 1.22 bits per heavy atom.